The summed E-state index contributed by atoms with van der Waals surface area (Å²) in [4.78, 5) is 16.9. The number of carbonyl (C=O) groups excluding carboxylic acids is 1. The lowest BCUT2D eigenvalue weighted by Gasteiger charge is -2.57. The Bertz CT molecular complexity index is 1060. The molecule has 4 atom stereocenters. The van der Waals surface area contributed by atoms with Crippen LogP contribution < -0.4 is 9.47 Å². The highest BCUT2D eigenvalue weighted by Crippen LogP contribution is 2.68. The van der Waals surface area contributed by atoms with Crippen LogP contribution in [0.15, 0.2) is 12.1 Å². The van der Waals surface area contributed by atoms with Crippen LogP contribution in [0.4, 0.5) is 0 Å². The molecule has 29 heavy (non-hydrogen) atoms. The van der Waals surface area contributed by atoms with Gasteiger partial charge in [-0.3, -0.25) is 0 Å². The topological polar surface area (TPSA) is 48.0 Å². The molecule has 5 nitrogen and oxygen atoms in total. The number of hydrogen-bond acceptors (Lipinski definition) is 6. The fourth-order valence-corrected chi connectivity index (χ4v) is 7.98. The zero-order chi connectivity index (χ0) is 20.1. The Kier molecular flexibility index (Phi) is 3.53. The third-order valence-electron chi connectivity index (χ3n) is 7.93. The Morgan fingerprint density at radius 2 is 2.14 bits per heavy atom. The standard InChI is InChI=1S/C23H25NO4S/c1-11-13-10-14-15-9-12-5-6-16(26-3)18-17(12)23(14,7-8-24(15)2)21(28-18)20(13)29-19(11)22(25)27-4/h5-6,14-15,21H,7-10H2,1-4H3/t14-,15+,21-,23-/m0/s1. The average molecular weight is 412 g/mol. The molecule has 3 heterocycles. The number of thiophene rings is 1. The lowest BCUT2D eigenvalue weighted by molar-refractivity contribution is -0.0227. The predicted octanol–water partition coefficient (Wildman–Crippen LogP) is 3.66. The Balaban J connectivity index is 1.63. The van der Waals surface area contributed by atoms with Crippen LogP contribution in [0.3, 0.4) is 0 Å². The van der Waals surface area contributed by atoms with Crippen molar-refractivity contribution in [3.05, 3.63) is 44.1 Å². The summed E-state index contributed by atoms with van der Waals surface area (Å²) >= 11 is 1.57. The van der Waals surface area contributed by atoms with E-state index in [0.29, 0.717) is 12.0 Å². The van der Waals surface area contributed by atoms with E-state index in [1.807, 2.05) is 0 Å². The van der Waals surface area contributed by atoms with Gasteiger partial charge < -0.3 is 19.1 Å². The first-order chi connectivity index (χ1) is 14.0. The fourth-order valence-electron chi connectivity index (χ4n) is 6.59. The average Bonchev–Trinajstić information content (AvgIpc) is 3.24. The fraction of sp³-hybridized carbons (Fsp3) is 0.522. The highest BCUT2D eigenvalue weighted by molar-refractivity contribution is 7.14. The molecule has 0 amide bonds. The Morgan fingerprint density at radius 3 is 2.90 bits per heavy atom. The number of hydrogen-bond donors (Lipinski definition) is 0. The Labute approximate surface area is 174 Å². The van der Waals surface area contributed by atoms with Crippen molar-refractivity contribution in [2.24, 2.45) is 5.92 Å². The first-order valence-corrected chi connectivity index (χ1v) is 11.1. The van der Waals surface area contributed by atoms with Crippen molar-refractivity contribution in [2.75, 3.05) is 27.8 Å². The largest absolute Gasteiger partial charge is 0.493 e. The van der Waals surface area contributed by atoms with Gasteiger partial charge in [0.25, 0.3) is 0 Å². The third-order valence-corrected chi connectivity index (χ3v) is 9.29. The van der Waals surface area contributed by atoms with E-state index in [9.17, 15) is 4.79 Å². The number of likely N-dealkylation sites (N-methyl/N-ethyl adjacent to an activating group) is 1. The molecule has 1 saturated heterocycles. The highest BCUT2D eigenvalue weighted by Gasteiger charge is 2.65. The first-order valence-electron chi connectivity index (χ1n) is 10.3. The van der Waals surface area contributed by atoms with Crippen molar-refractivity contribution in [1.82, 2.24) is 4.90 Å². The second-order valence-corrected chi connectivity index (χ2v) is 9.92. The van der Waals surface area contributed by atoms with Gasteiger partial charge in [0.15, 0.2) is 11.5 Å². The van der Waals surface area contributed by atoms with Crippen molar-refractivity contribution >= 4 is 17.3 Å². The van der Waals surface area contributed by atoms with Gasteiger partial charge in [-0.1, -0.05) is 6.07 Å². The minimum absolute atomic E-state index is 0.0215. The van der Waals surface area contributed by atoms with Crippen LogP contribution in [0, 0.1) is 12.8 Å². The SMILES string of the molecule is COC(=O)c1sc2c(c1C)C[C@H]1[C@H]3Cc4ccc(OC)c5c4[C@@]1(CCN3C)[C@H]2O5. The summed E-state index contributed by atoms with van der Waals surface area (Å²) in [6.07, 6.45) is 3.08. The van der Waals surface area contributed by atoms with E-state index in [1.165, 1.54) is 28.7 Å². The van der Waals surface area contributed by atoms with Gasteiger partial charge >= 0.3 is 5.97 Å². The Hall–Kier alpha value is -2.05. The maximum absolute atomic E-state index is 12.4. The van der Waals surface area contributed by atoms with Gasteiger partial charge in [0.05, 0.1) is 19.1 Å². The predicted molar refractivity (Wildman–Crippen MR) is 110 cm³/mol. The first kappa shape index (κ1) is 17.8. The minimum Gasteiger partial charge on any atom is -0.493 e. The van der Waals surface area contributed by atoms with Gasteiger partial charge in [-0.15, -0.1) is 11.3 Å². The van der Waals surface area contributed by atoms with E-state index in [2.05, 4.69) is 31.0 Å². The van der Waals surface area contributed by atoms with Crippen molar-refractivity contribution in [2.45, 2.75) is 43.7 Å². The number of ether oxygens (including phenoxy) is 3. The lowest BCUT2D eigenvalue weighted by Crippen LogP contribution is -2.61. The van der Waals surface area contributed by atoms with E-state index in [-0.39, 0.29) is 17.5 Å². The second kappa shape index (κ2) is 5.76. The summed E-state index contributed by atoms with van der Waals surface area (Å²) in [7, 11) is 5.43. The molecular formula is C23H25NO4S. The number of esters is 1. The molecule has 1 fully saturated rings. The third kappa shape index (κ3) is 1.97. The molecule has 1 aromatic carbocycles. The number of methoxy groups -OCH3 is 2. The quantitative estimate of drug-likeness (QED) is 0.706. The molecule has 152 valence electrons. The summed E-state index contributed by atoms with van der Waals surface area (Å²) in [6.45, 7) is 3.14. The zero-order valence-corrected chi connectivity index (χ0v) is 18.0. The number of piperidine rings is 1. The normalized spacial score (nSPS) is 31.0. The van der Waals surface area contributed by atoms with Crippen molar-refractivity contribution in [3.8, 4) is 11.5 Å². The van der Waals surface area contributed by atoms with Crippen molar-refractivity contribution < 1.29 is 19.0 Å². The van der Waals surface area contributed by atoms with Crippen molar-refractivity contribution in [1.29, 1.82) is 0 Å². The van der Waals surface area contributed by atoms with E-state index >= 15 is 0 Å². The van der Waals surface area contributed by atoms with Gasteiger partial charge in [-0.25, -0.2) is 4.79 Å². The maximum atomic E-state index is 12.4. The number of likely N-dealkylation sites (tertiary alicyclic amines) is 1. The van der Waals surface area contributed by atoms with Crippen LogP contribution >= 0.6 is 11.3 Å². The molecule has 2 bridgehead atoms. The van der Waals surface area contributed by atoms with Gasteiger partial charge in [-0.2, -0.15) is 0 Å². The van der Waals surface area contributed by atoms with E-state index < -0.39 is 0 Å². The molecule has 2 aliphatic carbocycles. The van der Waals surface area contributed by atoms with Crippen LogP contribution in [0.2, 0.25) is 0 Å². The summed E-state index contributed by atoms with van der Waals surface area (Å²) in [5.74, 6) is 2.00. The molecule has 6 heteroatoms. The van der Waals surface area contributed by atoms with Crippen LogP contribution in [0.5, 0.6) is 11.5 Å². The van der Waals surface area contributed by atoms with Gasteiger partial charge in [0, 0.05) is 17.0 Å². The van der Waals surface area contributed by atoms with Crippen LogP contribution in [-0.2, 0) is 23.0 Å². The smallest absolute Gasteiger partial charge is 0.348 e. The van der Waals surface area contributed by atoms with Gasteiger partial charge in [-0.05, 0) is 68.5 Å². The summed E-state index contributed by atoms with van der Waals surface area (Å²) in [5, 5.41) is 0. The molecule has 1 spiro atoms. The van der Waals surface area contributed by atoms with E-state index in [1.54, 1.807) is 18.4 Å². The maximum Gasteiger partial charge on any atom is 0.348 e. The van der Waals surface area contributed by atoms with Crippen LogP contribution in [0.25, 0.3) is 0 Å². The van der Waals surface area contributed by atoms with Gasteiger partial charge in [0.1, 0.15) is 11.0 Å². The number of nitrogens with zero attached hydrogens (tertiary/aromatic N) is 1. The molecule has 1 aromatic heterocycles. The summed E-state index contributed by atoms with van der Waals surface area (Å²) in [5.41, 5.74) is 5.14. The molecule has 2 aliphatic heterocycles. The van der Waals surface area contributed by atoms with Crippen molar-refractivity contribution in [3.63, 3.8) is 0 Å². The molecule has 0 radical (unpaired) electrons. The molecule has 6 rings (SSSR count). The molecule has 0 N–H and O–H groups in total. The molecule has 0 unspecified atom stereocenters. The molecular weight excluding hydrogens is 386 g/mol. The molecule has 4 aliphatic rings. The van der Waals surface area contributed by atoms with E-state index in [4.69, 9.17) is 14.2 Å². The molecule has 2 aromatic rings. The summed E-state index contributed by atoms with van der Waals surface area (Å²) < 4.78 is 17.5. The monoisotopic (exact) mass is 411 g/mol. The van der Waals surface area contributed by atoms with Crippen LogP contribution in [-0.4, -0.2) is 44.7 Å². The minimum atomic E-state index is -0.240. The molecule has 0 saturated carbocycles. The lowest BCUT2D eigenvalue weighted by atomic mass is 9.52. The summed E-state index contributed by atoms with van der Waals surface area (Å²) in [6, 6.07) is 4.79. The number of carbonyl (C=O) groups is 1. The number of fused-ring (bicyclic) bond motifs is 2. The zero-order valence-electron chi connectivity index (χ0n) is 17.2. The number of benzene rings is 1. The van der Waals surface area contributed by atoms with E-state index in [0.717, 1.165) is 47.7 Å². The second-order valence-electron chi connectivity index (χ2n) is 8.87. The van der Waals surface area contributed by atoms with Crippen LogP contribution in [0.1, 0.15) is 49.3 Å². The van der Waals surface area contributed by atoms with Gasteiger partial charge in [0.2, 0.25) is 0 Å². The number of rotatable bonds is 2. The highest BCUT2D eigenvalue weighted by atomic mass is 32.1. The Morgan fingerprint density at radius 1 is 1.31 bits per heavy atom.